The standard InChI is InChI=1S/C13H25N3O3/c1-6-13(4,10(17)18)14-11(19)16-8-7-15(5)12(2,3)9-16/h6-9H2,1-5H3,(H,14,19)(H,17,18). The van der Waals surface area contributed by atoms with Crippen LogP contribution in [-0.4, -0.2) is 64.7 Å². The Morgan fingerprint density at radius 3 is 2.37 bits per heavy atom. The molecule has 1 saturated heterocycles. The summed E-state index contributed by atoms with van der Waals surface area (Å²) in [6, 6.07) is -0.298. The van der Waals surface area contributed by atoms with E-state index in [1.54, 1.807) is 11.8 Å². The van der Waals surface area contributed by atoms with Crippen molar-refractivity contribution >= 4 is 12.0 Å². The molecular formula is C13H25N3O3. The van der Waals surface area contributed by atoms with Gasteiger partial charge in [0.25, 0.3) is 0 Å². The number of carboxylic acids is 1. The van der Waals surface area contributed by atoms with E-state index in [1.807, 2.05) is 7.05 Å². The fourth-order valence-electron chi connectivity index (χ4n) is 2.02. The van der Waals surface area contributed by atoms with E-state index in [1.165, 1.54) is 6.92 Å². The molecule has 0 aromatic heterocycles. The molecule has 0 aromatic carbocycles. The number of urea groups is 1. The van der Waals surface area contributed by atoms with E-state index in [9.17, 15) is 14.7 Å². The second-order valence-electron chi connectivity index (χ2n) is 6.08. The van der Waals surface area contributed by atoms with E-state index < -0.39 is 11.5 Å². The van der Waals surface area contributed by atoms with E-state index in [-0.39, 0.29) is 11.6 Å². The van der Waals surface area contributed by atoms with Gasteiger partial charge in [0.1, 0.15) is 5.54 Å². The van der Waals surface area contributed by atoms with E-state index >= 15 is 0 Å². The highest BCUT2D eigenvalue weighted by molar-refractivity contribution is 5.85. The van der Waals surface area contributed by atoms with Gasteiger partial charge in [-0.05, 0) is 34.2 Å². The molecule has 6 heteroatoms. The third kappa shape index (κ3) is 3.37. The van der Waals surface area contributed by atoms with Crippen molar-refractivity contribution in [3.05, 3.63) is 0 Å². The van der Waals surface area contributed by atoms with E-state index in [4.69, 9.17) is 0 Å². The summed E-state index contributed by atoms with van der Waals surface area (Å²) in [7, 11) is 2.03. The number of carbonyl (C=O) groups excluding carboxylic acids is 1. The maximum atomic E-state index is 12.2. The highest BCUT2D eigenvalue weighted by Gasteiger charge is 2.38. The van der Waals surface area contributed by atoms with Crippen LogP contribution in [0, 0.1) is 0 Å². The lowest BCUT2D eigenvalue weighted by atomic mass is 9.98. The Morgan fingerprint density at radius 2 is 1.95 bits per heavy atom. The van der Waals surface area contributed by atoms with Crippen molar-refractivity contribution in [2.24, 2.45) is 0 Å². The number of nitrogens with one attached hydrogen (secondary N) is 1. The van der Waals surface area contributed by atoms with Crippen LogP contribution in [-0.2, 0) is 4.79 Å². The van der Waals surface area contributed by atoms with Crippen LogP contribution >= 0.6 is 0 Å². The molecule has 0 aromatic rings. The zero-order valence-electron chi connectivity index (χ0n) is 12.5. The van der Waals surface area contributed by atoms with Gasteiger partial charge in [0, 0.05) is 25.2 Å². The molecule has 2 amide bonds. The second kappa shape index (κ2) is 5.36. The number of carbonyl (C=O) groups is 2. The molecule has 1 aliphatic heterocycles. The van der Waals surface area contributed by atoms with Gasteiger partial charge in [-0.2, -0.15) is 0 Å². The van der Waals surface area contributed by atoms with Gasteiger partial charge >= 0.3 is 12.0 Å². The average Bonchev–Trinajstić information content (AvgIpc) is 2.32. The van der Waals surface area contributed by atoms with Gasteiger partial charge in [-0.1, -0.05) is 6.92 Å². The Balaban J connectivity index is 2.72. The van der Waals surface area contributed by atoms with Gasteiger partial charge in [0.2, 0.25) is 0 Å². The molecule has 1 fully saturated rings. The van der Waals surface area contributed by atoms with Crippen LogP contribution < -0.4 is 5.32 Å². The molecule has 0 bridgehead atoms. The molecule has 1 unspecified atom stereocenters. The number of hydrogen-bond acceptors (Lipinski definition) is 3. The summed E-state index contributed by atoms with van der Waals surface area (Å²) >= 11 is 0. The molecule has 110 valence electrons. The van der Waals surface area contributed by atoms with Crippen molar-refractivity contribution in [1.29, 1.82) is 0 Å². The zero-order chi connectivity index (χ0) is 14.8. The molecule has 1 heterocycles. The van der Waals surface area contributed by atoms with Crippen LogP contribution in [0.5, 0.6) is 0 Å². The molecule has 1 aliphatic rings. The summed E-state index contributed by atoms with van der Waals surface area (Å²) in [5.74, 6) is -1.00. The molecule has 0 radical (unpaired) electrons. The first kappa shape index (κ1) is 15.8. The second-order valence-corrected chi connectivity index (χ2v) is 6.08. The van der Waals surface area contributed by atoms with Gasteiger partial charge in [0.15, 0.2) is 0 Å². The summed E-state index contributed by atoms with van der Waals surface area (Å²) in [6.07, 6.45) is 0.352. The van der Waals surface area contributed by atoms with Gasteiger partial charge < -0.3 is 15.3 Å². The molecule has 0 aliphatic carbocycles. The number of aliphatic carboxylic acids is 1. The SMILES string of the molecule is CCC(C)(NC(=O)N1CCN(C)C(C)(C)C1)C(=O)O. The van der Waals surface area contributed by atoms with E-state index in [0.717, 1.165) is 6.54 Å². The minimum atomic E-state index is -1.20. The Kier molecular flexibility index (Phi) is 4.45. The van der Waals surface area contributed by atoms with Crippen molar-refractivity contribution in [1.82, 2.24) is 15.1 Å². The van der Waals surface area contributed by atoms with Gasteiger partial charge in [0.05, 0.1) is 0 Å². The smallest absolute Gasteiger partial charge is 0.329 e. The maximum Gasteiger partial charge on any atom is 0.329 e. The average molecular weight is 271 g/mol. The lowest BCUT2D eigenvalue weighted by molar-refractivity contribution is -0.143. The summed E-state index contributed by atoms with van der Waals surface area (Å²) in [5.41, 5.74) is -1.30. The van der Waals surface area contributed by atoms with E-state index in [0.29, 0.717) is 19.5 Å². The van der Waals surface area contributed by atoms with Crippen molar-refractivity contribution in [2.45, 2.75) is 45.2 Å². The number of hydrogen-bond donors (Lipinski definition) is 2. The third-order valence-corrected chi connectivity index (χ3v) is 4.17. The summed E-state index contributed by atoms with van der Waals surface area (Å²) in [6.45, 7) is 9.43. The summed E-state index contributed by atoms with van der Waals surface area (Å²) < 4.78 is 0. The van der Waals surface area contributed by atoms with Crippen molar-refractivity contribution in [3.8, 4) is 0 Å². The first-order chi connectivity index (χ1) is 8.62. The molecule has 19 heavy (non-hydrogen) atoms. The first-order valence-electron chi connectivity index (χ1n) is 6.64. The molecular weight excluding hydrogens is 246 g/mol. The lowest BCUT2D eigenvalue weighted by Crippen LogP contribution is -2.63. The van der Waals surface area contributed by atoms with Crippen LogP contribution in [0.25, 0.3) is 0 Å². The fraction of sp³-hybridized carbons (Fsp3) is 0.846. The highest BCUT2D eigenvalue weighted by Crippen LogP contribution is 2.19. The zero-order valence-corrected chi connectivity index (χ0v) is 12.5. The third-order valence-electron chi connectivity index (χ3n) is 4.17. The van der Waals surface area contributed by atoms with Gasteiger partial charge in [-0.3, -0.25) is 4.90 Å². The molecule has 0 spiro atoms. The Morgan fingerprint density at radius 1 is 1.37 bits per heavy atom. The number of rotatable bonds is 3. The largest absolute Gasteiger partial charge is 0.480 e. The molecule has 1 atom stereocenters. The number of carboxylic acid groups (broad SMARTS) is 1. The van der Waals surface area contributed by atoms with Crippen molar-refractivity contribution in [2.75, 3.05) is 26.7 Å². The summed E-state index contributed by atoms with van der Waals surface area (Å²) in [4.78, 5) is 27.3. The van der Waals surface area contributed by atoms with Gasteiger partial charge in [-0.15, -0.1) is 0 Å². The maximum absolute atomic E-state index is 12.2. The highest BCUT2D eigenvalue weighted by atomic mass is 16.4. The Hall–Kier alpha value is -1.30. The van der Waals surface area contributed by atoms with Crippen LogP contribution in [0.4, 0.5) is 4.79 Å². The van der Waals surface area contributed by atoms with Crippen molar-refractivity contribution < 1.29 is 14.7 Å². The molecule has 6 nitrogen and oxygen atoms in total. The van der Waals surface area contributed by atoms with Crippen LogP contribution in [0.1, 0.15) is 34.1 Å². The van der Waals surface area contributed by atoms with Gasteiger partial charge in [-0.25, -0.2) is 9.59 Å². The normalized spacial score (nSPS) is 22.7. The number of amides is 2. The van der Waals surface area contributed by atoms with Crippen LogP contribution in [0.15, 0.2) is 0 Å². The summed E-state index contributed by atoms with van der Waals surface area (Å²) in [5, 5.41) is 11.8. The number of nitrogens with zero attached hydrogens (tertiary/aromatic N) is 2. The number of likely N-dealkylation sites (N-methyl/N-ethyl adjacent to an activating group) is 1. The van der Waals surface area contributed by atoms with Crippen LogP contribution in [0.3, 0.4) is 0 Å². The molecule has 1 rings (SSSR count). The van der Waals surface area contributed by atoms with Crippen LogP contribution in [0.2, 0.25) is 0 Å². The molecule has 0 saturated carbocycles. The molecule has 2 N–H and O–H groups in total. The fourth-order valence-corrected chi connectivity index (χ4v) is 2.02. The monoisotopic (exact) mass is 271 g/mol. The minimum absolute atomic E-state index is 0.0958. The predicted octanol–water partition coefficient (Wildman–Crippen LogP) is 0.975. The predicted molar refractivity (Wildman–Crippen MR) is 73.1 cm³/mol. The van der Waals surface area contributed by atoms with E-state index in [2.05, 4.69) is 24.1 Å². The lowest BCUT2D eigenvalue weighted by Gasteiger charge is -2.45. The Labute approximate surface area is 114 Å². The quantitative estimate of drug-likeness (QED) is 0.802. The van der Waals surface area contributed by atoms with Crippen molar-refractivity contribution in [3.63, 3.8) is 0 Å². The Bertz CT molecular complexity index is 370. The first-order valence-corrected chi connectivity index (χ1v) is 6.64. The number of piperazine rings is 1. The topological polar surface area (TPSA) is 72.9 Å². The minimum Gasteiger partial charge on any atom is -0.480 e.